The minimum absolute atomic E-state index is 0.0647. The van der Waals surface area contributed by atoms with Crippen molar-refractivity contribution in [2.24, 2.45) is 5.92 Å². The van der Waals surface area contributed by atoms with Gasteiger partial charge in [-0.3, -0.25) is 14.4 Å². The van der Waals surface area contributed by atoms with Crippen LogP contribution in [0.15, 0.2) is 0 Å². The van der Waals surface area contributed by atoms with E-state index in [0.717, 1.165) is 63.7 Å². The van der Waals surface area contributed by atoms with Crippen molar-refractivity contribution in [3.8, 4) is 0 Å². The van der Waals surface area contributed by atoms with Crippen molar-refractivity contribution in [3.63, 3.8) is 0 Å². The van der Waals surface area contributed by atoms with Crippen molar-refractivity contribution >= 4 is 17.9 Å². The quantitative estimate of drug-likeness (QED) is 0.0359. The van der Waals surface area contributed by atoms with Crippen molar-refractivity contribution in [2.45, 2.75) is 246 Å². The zero-order valence-electron chi connectivity index (χ0n) is 33.9. The van der Waals surface area contributed by atoms with E-state index in [0.29, 0.717) is 19.3 Å². The molecule has 0 spiro atoms. The third-order valence-electron chi connectivity index (χ3n) is 10.2. The Hall–Kier alpha value is -1.59. The van der Waals surface area contributed by atoms with Crippen LogP contribution in [0.1, 0.15) is 240 Å². The van der Waals surface area contributed by atoms with Gasteiger partial charge >= 0.3 is 17.9 Å². The topological polar surface area (TPSA) is 78.9 Å². The Morgan fingerprint density at radius 3 is 1.04 bits per heavy atom. The van der Waals surface area contributed by atoms with Gasteiger partial charge in [-0.15, -0.1) is 0 Å². The summed E-state index contributed by atoms with van der Waals surface area (Å²) in [6.07, 6.45) is 36.5. The lowest BCUT2D eigenvalue weighted by molar-refractivity contribution is -0.167. The fraction of sp³-hybridized carbons (Fsp3) is 0.932. The Morgan fingerprint density at radius 2 is 0.700 bits per heavy atom. The zero-order chi connectivity index (χ0) is 36.8. The monoisotopic (exact) mass is 709 g/mol. The largest absolute Gasteiger partial charge is 0.462 e. The van der Waals surface area contributed by atoms with Crippen LogP contribution in [0.25, 0.3) is 0 Å². The molecule has 0 fully saturated rings. The third kappa shape index (κ3) is 36.2. The first-order chi connectivity index (χ1) is 24.4. The van der Waals surface area contributed by atoms with Crippen LogP contribution < -0.4 is 0 Å². The lowest BCUT2D eigenvalue weighted by atomic mass is 10.00. The molecule has 2 atom stereocenters. The predicted molar refractivity (Wildman–Crippen MR) is 210 cm³/mol. The average molecular weight is 709 g/mol. The van der Waals surface area contributed by atoms with Gasteiger partial charge in [-0.2, -0.15) is 0 Å². The number of unbranched alkanes of at least 4 members (excludes halogenated alkanes) is 25. The molecule has 0 heterocycles. The summed E-state index contributed by atoms with van der Waals surface area (Å²) in [7, 11) is 0. The summed E-state index contributed by atoms with van der Waals surface area (Å²) in [5.41, 5.74) is 0. The highest BCUT2D eigenvalue weighted by Gasteiger charge is 2.19. The molecule has 0 amide bonds. The minimum atomic E-state index is -0.758. The number of rotatable bonds is 39. The minimum Gasteiger partial charge on any atom is -0.462 e. The highest BCUT2D eigenvalue weighted by molar-refractivity contribution is 5.71. The van der Waals surface area contributed by atoms with Crippen LogP contribution in [0, 0.1) is 5.92 Å². The first-order valence-electron chi connectivity index (χ1n) is 21.9. The van der Waals surface area contributed by atoms with E-state index in [1.807, 2.05) is 0 Å². The number of hydrogen-bond donors (Lipinski definition) is 0. The molecule has 50 heavy (non-hydrogen) atoms. The molecule has 0 N–H and O–H groups in total. The first kappa shape index (κ1) is 48.4. The molecule has 0 saturated carbocycles. The van der Waals surface area contributed by atoms with Gasteiger partial charge < -0.3 is 14.2 Å². The standard InChI is InChI=1S/C44H84O6/c1-5-8-10-12-14-16-18-20-22-27-31-35-42(45)48-38-41(39-49-43(46)36-32-28-25-24-26-30-34-40(4)7-3)50-44(47)37-33-29-23-21-19-17-15-13-11-9-6-2/h40-41H,5-39H2,1-4H3/t40?,41-/m1/s1. The molecule has 0 bridgehead atoms. The number of hydrogen-bond acceptors (Lipinski definition) is 6. The van der Waals surface area contributed by atoms with Crippen LogP contribution in [-0.2, 0) is 28.6 Å². The van der Waals surface area contributed by atoms with E-state index < -0.39 is 6.10 Å². The van der Waals surface area contributed by atoms with E-state index in [-0.39, 0.29) is 31.1 Å². The van der Waals surface area contributed by atoms with Gasteiger partial charge in [0.25, 0.3) is 0 Å². The maximum absolute atomic E-state index is 12.7. The summed E-state index contributed by atoms with van der Waals surface area (Å²) in [6.45, 7) is 8.94. The Balaban J connectivity index is 4.35. The van der Waals surface area contributed by atoms with Gasteiger partial charge in [-0.05, 0) is 25.2 Å². The Kier molecular flexibility index (Phi) is 37.4. The summed E-state index contributed by atoms with van der Waals surface area (Å²) in [4.78, 5) is 37.6. The summed E-state index contributed by atoms with van der Waals surface area (Å²) < 4.78 is 16.7. The van der Waals surface area contributed by atoms with Crippen LogP contribution >= 0.6 is 0 Å². The molecule has 296 valence electrons. The molecule has 0 aliphatic heterocycles. The highest BCUT2D eigenvalue weighted by atomic mass is 16.6. The molecule has 0 radical (unpaired) electrons. The molecule has 0 aromatic carbocycles. The van der Waals surface area contributed by atoms with Gasteiger partial charge in [0.15, 0.2) is 6.10 Å². The highest BCUT2D eigenvalue weighted by Crippen LogP contribution is 2.16. The van der Waals surface area contributed by atoms with Gasteiger partial charge in [0.05, 0.1) is 0 Å². The second-order valence-corrected chi connectivity index (χ2v) is 15.2. The molecule has 0 aliphatic rings. The summed E-state index contributed by atoms with van der Waals surface area (Å²) in [5, 5.41) is 0. The fourth-order valence-corrected chi connectivity index (χ4v) is 6.42. The molecule has 6 nitrogen and oxygen atoms in total. The predicted octanol–water partition coefficient (Wildman–Crippen LogP) is 13.6. The van der Waals surface area contributed by atoms with E-state index in [4.69, 9.17) is 14.2 Å². The Morgan fingerprint density at radius 1 is 0.400 bits per heavy atom. The summed E-state index contributed by atoms with van der Waals surface area (Å²) in [5.74, 6) is -0.0460. The molecular weight excluding hydrogens is 624 g/mol. The van der Waals surface area contributed by atoms with Gasteiger partial charge in [-0.1, -0.05) is 201 Å². The van der Waals surface area contributed by atoms with Crippen LogP contribution in [0.4, 0.5) is 0 Å². The molecule has 0 rings (SSSR count). The molecule has 6 heteroatoms. The van der Waals surface area contributed by atoms with Gasteiger partial charge in [0, 0.05) is 19.3 Å². The van der Waals surface area contributed by atoms with Gasteiger partial charge in [0.2, 0.25) is 0 Å². The molecular formula is C44H84O6. The number of esters is 3. The fourth-order valence-electron chi connectivity index (χ4n) is 6.42. The normalized spacial score (nSPS) is 12.5. The summed E-state index contributed by atoms with van der Waals surface area (Å²) >= 11 is 0. The van der Waals surface area contributed by atoms with E-state index in [2.05, 4.69) is 27.7 Å². The SMILES string of the molecule is CCCCCCCCCCCCCC(=O)OC[C@H](COC(=O)CCCCCCCCC(C)CC)OC(=O)CCCCCCCCCCCCC. The number of ether oxygens (including phenoxy) is 3. The van der Waals surface area contributed by atoms with Crippen molar-refractivity contribution < 1.29 is 28.6 Å². The second kappa shape index (κ2) is 38.6. The molecule has 0 saturated heterocycles. The molecule has 0 aromatic heterocycles. The van der Waals surface area contributed by atoms with Crippen molar-refractivity contribution in [2.75, 3.05) is 13.2 Å². The maximum atomic E-state index is 12.7. The van der Waals surface area contributed by atoms with Crippen LogP contribution in [0.5, 0.6) is 0 Å². The Bertz CT molecular complexity index is 753. The van der Waals surface area contributed by atoms with Crippen LogP contribution in [0.3, 0.4) is 0 Å². The van der Waals surface area contributed by atoms with E-state index in [9.17, 15) is 14.4 Å². The number of carbonyl (C=O) groups is 3. The zero-order valence-corrected chi connectivity index (χ0v) is 33.9. The smallest absolute Gasteiger partial charge is 0.306 e. The maximum Gasteiger partial charge on any atom is 0.306 e. The average Bonchev–Trinajstić information content (AvgIpc) is 3.11. The molecule has 0 aliphatic carbocycles. The lowest BCUT2D eigenvalue weighted by Gasteiger charge is -2.18. The van der Waals surface area contributed by atoms with Gasteiger partial charge in [-0.25, -0.2) is 0 Å². The summed E-state index contributed by atoms with van der Waals surface area (Å²) in [6, 6.07) is 0. The van der Waals surface area contributed by atoms with Gasteiger partial charge in [0.1, 0.15) is 13.2 Å². The van der Waals surface area contributed by atoms with Crippen LogP contribution in [0.2, 0.25) is 0 Å². The van der Waals surface area contributed by atoms with Crippen molar-refractivity contribution in [3.05, 3.63) is 0 Å². The van der Waals surface area contributed by atoms with E-state index >= 15 is 0 Å². The second-order valence-electron chi connectivity index (χ2n) is 15.2. The van der Waals surface area contributed by atoms with Crippen molar-refractivity contribution in [1.29, 1.82) is 0 Å². The Labute approximate surface area is 310 Å². The molecule has 1 unspecified atom stereocenters. The number of carbonyl (C=O) groups excluding carboxylic acids is 3. The van der Waals surface area contributed by atoms with E-state index in [1.165, 1.54) is 135 Å². The van der Waals surface area contributed by atoms with E-state index in [1.54, 1.807) is 0 Å². The first-order valence-corrected chi connectivity index (χ1v) is 21.9. The van der Waals surface area contributed by atoms with Crippen LogP contribution in [-0.4, -0.2) is 37.2 Å². The lowest BCUT2D eigenvalue weighted by Crippen LogP contribution is -2.30. The van der Waals surface area contributed by atoms with Crippen molar-refractivity contribution in [1.82, 2.24) is 0 Å². The molecule has 0 aromatic rings. The third-order valence-corrected chi connectivity index (χ3v) is 10.2.